The molecule has 0 aliphatic heterocycles. The Morgan fingerprint density at radius 3 is 2.53 bits per heavy atom. The molecule has 6 heteroatoms. The smallest absolute Gasteiger partial charge is 0.222 e. The van der Waals surface area contributed by atoms with Crippen LogP contribution in [0, 0.1) is 0 Å². The number of hydrogen-bond donors (Lipinski definition) is 4. The molecule has 1 aromatic heterocycles. The van der Waals surface area contributed by atoms with E-state index < -0.39 is 5.54 Å². The zero-order chi connectivity index (χ0) is 13.9. The number of benzene rings is 1. The number of anilines is 2. The molecule has 1 heterocycles. The summed E-state index contributed by atoms with van der Waals surface area (Å²) in [6.07, 6.45) is 0.554. The summed E-state index contributed by atoms with van der Waals surface area (Å²) in [6.45, 7) is 1.49. The Kier molecular flexibility index (Phi) is 3.82. The molecule has 0 amide bonds. The van der Waals surface area contributed by atoms with Crippen molar-refractivity contribution in [2.24, 2.45) is 0 Å². The van der Waals surface area contributed by atoms with E-state index in [1.807, 2.05) is 31.2 Å². The summed E-state index contributed by atoms with van der Waals surface area (Å²) in [4.78, 5) is 8.31. The van der Waals surface area contributed by atoms with Crippen LogP contribution in [0.15, 0.2) is 24.3 Å². The van der Waals surface area contributed by atoms with Gasteiger partial charge in [0.05, 0.1) is 24.3 Å². The van der Waals surface area contributed by atoms with Crippen LogP contribution < -0.4 is 11.1 Å². The van der Waals surface area contributed by atoms with Gasteiger partial charge in [0.1, 0.15) is 5.82 Å². The first-order valence-corrected chi connectivity index (χ1v) is 6.16. The second-order valence-electron chi connectivity index (χ2n) is 4.52. The summed E-state index contributed by atoms with van der Waals surface area (Å²) < 4.78 is 0. The molecule has 0 saturated heterocycles. The van der Waals surface area contributed by atoms with Gasteiger partial charge < -0.3 is 21.3 Å². The fraction of sp³-hybridized carbons (Fsp3) is 0.385. The number of fused-ring (bicyclic) bond motifs is 1. The molecule has 2 aromatic rings. The molecule has 0 atom stereocenters. The van der Waals surface area contributed by atoms with Gasteiger partial charge in [0, 0.05) is 5.39 Å². The average Bonchev–Trinajstić information content (AvgIpc) is 2.44. The number of aliphatic hydroxyl groups excluding tert-OH is 2. The van der Waals surface area contributed by atoms with Crippen LogP contribution in [0.2, 0.25) is 0 Å². The third-order valence-corrected chi connectivity index (χ3v) is 3.29. The van der Waals surface area contributed by atoms with E-state index in [-0.39, 0.29) is 19.2 Å². The van der Waals surface area contributed by atoms with Gasteiger partial charge in [-0.05, 0) is 18.6 Å². The Labute approximate surface area is 111 Å². The van der Waals surface area contributed by atoms with Crippen LogP contribution in [0.1, 0.15) is 13.3 Å². The Hall–Kier alpha value is -1.92. The molecule has 0 aliphatic rings. The maximum atomic E-state index is 9.48. The highest BCUT2D eigenvalue weighted by Crippen LogP contribution is 2.25. The van der Waals surface area contributed by atoms with E-state index in [0.29, 0.717) is 12.2 Å². The molecule has 0 unspecified atom stereocenters. The van der Waals surface area contributed by atoms with Gasteiger partial charge in [-0.2, -0.15) is 4.98 Å². The highest BCUT2D eigenvalue weighted by Gasteiger charge is 2.27. The molecule has 1 aromatic carbocycles. The Balaban J connectivity index is 2.50. The molecule has 5 N–H and O–H groups in total. The van der Waals surface area contributed by atoms with E-state index in [0.717, 1.165) is 10.9 Å². The van der Waals surface area contributed by atoms with Crippen LogP contribution in [0.4, 0.5) is 11.8 Å². The predicted octanol–water partition coefficient (Wildman–Crippen LogP) is 0.757. The van der Waals surface area contributed by atoms with E-state index in [1.54, 1.807) is 0 Å². The van der Waals surface area contributed by atoms with Gasteiger partial charge in [0.15, 0.2) is 0 Å². The first kappa shape index (κ1) is 13.5. The van der Waals surface area contributed by atoms with Crippen molar-refractivity contribution in [1.29, 1.82) is 0 Å². The van der Waals surface area contributed by atoms with Crippen LogP contribution in [-0.2, 0) is 0 Å². The van der Waals surface area contributed by atoms with Crippen molar-refractivity contribution >= 4 is 22.7 Å². The topological polar surface area (TPSA) is 104 Å². The van der Waals surface area contributed by atoms with Crippen LogP contribution in [-0.4, -0.2) is 38.9 Å². The number of aliphatic hydroxyl groups is 2. The molecular weight excluding hydrogens is 244 g/mol. The van der Waals surface area contributed by atoms with Gasteiger partial charge in [0.25, 0.3) is 0 Å². The van der Waals surface area contributed by atoms with E-state index in [1.165, 1.54) is 0 Å². The largest absolute Gasteiger partial charge is 0.394 e. The van der Waals surface area contributed by atoms with E-state index in [2.05, 4.69) is 15.3 Å². The van der Waals surface area contributed by atoms with Gasteiger partial charge in [0.2, 0.25) is 5.95 Å². The third-order valence-electron chi connectivity index (χ3n) is 3.29. The van der Waals surface area contributed by atoms with E-state index >= 15 is 0 Å². The van der Waals surface area contributed by atoms with Crippen LogP contribution >= 0.6 is 0 Å². The van der Waals surface area contributed by atoms with Crippen molar-refractivity contribution in [3.05, 3.63) is 24.3 Å². The van der Waals surface area contributed by atoms with Crippen LogP contribution in [0.5, 0.6) is 0 Å². The molecule has 0 radical (unpaired) electrons. The zero-order valence-electron chi connectivity index (χ0n) is 10.8. The van der Waals surface area contributed by atoms with Crippen molar-refractivity contribution < 1.29 is 10.2 Å². The van der Waals surface area contributed by atoms with Gasteiger partial charge in [-0.1, -0.05) is 19.1 Å². The molecule has 19 heavy (non-hydrogen) atoms. The fourth-order valence-electron chi connectivity index (χ4n) is 1.88. The fourth-order valence-corrected chi connectivity index (χ4v) is 1.88. The van der Waals surface area contributed by atoms with E-state index in [9.17, 15) is 10.2 Å². The number of rotatable bonds is 5. The molecular formula is C13H18N4O2. The normalized spacial score (nSPS) is 11.7. The first-order valence-electron chi connectivity index (χ1n) is 6.16. The molecule has 102 valence electrons. The van der Waals surface area contributed by atoms with Crippen molar-refractivity contribution in [1.82, 2.24) is 9.97 Å². The zero-order valence-corrected chi connectivity index (χ0v) is 10.8. The first-order chi connectivity index (χ1) is 9.14. The van der Waals surface area contributed by atoms with Gasteiger partial charge in [-0.3, -0.25) is 0 Å². The molecule has 0 saturated carbocycles. The minimum Gasteiger partial charge on any atom is -0.394 e. The van der Waals surface area contributed by atoms with Crippen molar-refractivity contribution in [3.63, 3.8) is 0 Å². The summed E-state index contributed by atoms with van der Waals surface area (Å²) in [5.41, 5.74) is 5.59. The van der Waals surface area contributed by atoms with E-state index in [4.69, 9.17) is 5.73 Å². The Bertz CT molecular complexity index is 561. The second-order valence-corrected chi connectivity index (χ2v) is 4.52. The highest BCUT2D eigenvalue weighted by molar-refractivity contribution is 5.90. The highest BCUT2D eigenvalue weighted by atomic mass is 16.3. The standard InChI is InChI=1S/C13H18N4O2/c1-2-13(7-18,8-19)17-11-9-5-3-4-6-10(9)15-12(14)16-11/h3-6,18-19H,2,7-8H2,1H3,(H3,14,15,16,17). The molecule has 6 nitrogen and oxygen atoms in total. The van der Waals surface area contributed by atoms with Gasteiger partial charge in [-0.25, -0.2) is 4.98 Å². The minimum absolute atomic E-state index is 0.155. The van der Waals surface area contributed by atoms with Gasteiger partial charge >= 0.3 is 0 Å². The molecule has 0 aliphatic carbocycles. The monoisotopic (exact) mass is 262 g/mol. The van der Waals surface area contributed by atoms with Gasteiger partial charge in [-0.15, -0.1) is 0 Å². The van der Waals surface area contributed by atoms with Crippen molar-refractivity contribution in [3.8, 4) is 0 Å². The van der Waals surface area contributed by atoms with Crippen LogP contribution in [0.25, 0.3) is 10.9 Å². The Morgan fingerprint density at radius 1 is 1.21 bits per heavy atom. The number of nitrogens with two attached hydrogens (primary N) is 1. The number of nitrogens with one attached hydrogen (secondary N) is 1. The quantitative estimate of drug-likeness (QED) is 0.634. The second kappa shape index (κ2) is 5.38. The summed E-state index contributed by atoms with van der Waals surface area (Å²) >= 11 is 0. The Morgan fingerprint density at radius 2 is 1.89 bits per heavy atom. The van der Waals surface area contributed by atoms with Crippen molar-refractivity contribution in [2.75, 3.05) is 24.3 Å². The number of nitrogen functional groups attached to an aromatic ring is 1. The summed E-state index contributed by atoms with van der Waals surface area (Å²) in [7, 11) is 0. The maximum absolute atomic E-state index is 9.48. The minimum atomic E-state index is -0.816. The third kappa shape index (κ3) is 2.59. The summed E-state index contributed by atoms with van der Waals surface area (Å²) in [5.74, 6) is 0.676. The SMILES string of the molecule is CCC(CO)(CO)Nc1nc(N)nc2ccccc12. The maximum Gasteiger partial charge on any atom is 0.222 e. The lowest BCUT2D eigenvalue weighted by molar-refractivity contribution is 0.132. The number of para-hydroxylation sites is 1. The summed E-state index contributed by atoms with van der Waals surface area (Å²) in [6, 6.07) is 7.44. The van der Waals surface area contributed by atoms with Crippen LogP contribution in [0.3, 0.4) is 0 Å². The summed E-state index contributed by atoms with van der Waals surface area (Å²) in [5, 5.41) is 22.9. The lowest BCUT2D eigenvalue weighted by Crippen LogP contribution is -2.45. The molecule has 2 rings (SSSR count). The molecule has 0 bridgehead atoms. The molecule has 0 fully saturated rings. The predicted molar refractivity (Wildman–Crippen MR) is 74.8 cm³/mol. The average molecular weight is 262 g/mol. The lowest BCUT2D eigenvalue weighted by atomic mass is 9.98. The lowest BCUT2D eigenvalue weighted by Gasteiger charge is -2.30. The number of hydrogen-bond acceptors (Lipinski definition) is 6. The molecule has 0 spiro atoms. The number of aromatic nitrogens is 2. The van der Waals surface area contributed by atoms with Crippen molar-refractivity contribution in [2.45, 2.75) is 18.9 Å². The number of nitrogens with zero attached hydrogens (tertiary/aromatic N) is 2.